The van der Waals surface area contributed by atoms with E-state index in [2.05, 4.69) is 49.1 Å². The van der Waals surface area contributed by atoms with Gasteiger partial charge in [0, 0.05) is 56.7 Å². The number of halogens is 6. The minimum absolute atomic E-state index is 0.439. The first kappa shape index (κ1) is 35.2. The Kier molecular flexibility index (Phi) is 11.6. The maximum atomic E-state index is 11.7. The van der Waals surface area contributed by atoms with E-state index in [1.54, 1.807) is 23.1 Å². The minimum Gasteiger partial charge on any atom is -0.475 e. The van der Waals surface area contributed by atoms with Crippen LogP contribution < -0.4 is 10.6 Å². The molecule has 0 unspecified atom stereocenters. The monoisotopic (exact) mass is 655 g/mol. The van der Waals surface area contributed by atoms with Crippen molar-refractivity contribution in [2.75, 3.05) is 31.1 Å². The van der Waals surface area contributed by atoms with Crippen molar-refractivity contribution in [2.45, 2.75) is 25.3 Å². The number of carbonyl (C=O) groups is 3. The zero-order valence-corrected chi connectivity index (χ0v) is 23.7. The average Bonchev–Trinajstić information content (AvgIpc) is 3.30. The molecule has 2 aromatic carbocycles. The number of carboxylic acids is 2. The first-order chi connectivity index (χ1) is 21.6. The van der Waals surface area contributed by atoms with Gasteiger partial charge in [-0.1, -0.05) is 24.3 Å². The molecule has 0 saturated carbocycles. The zero-order chi connectivity index (χ0) is 34.1. The molecule has 1 saturated heterocycles. The van der Waals surface area contributed by atoms with Crippen LogP contribution in [0.25, 0.3) is 16.6 Å². The fourth-order valence-electron chi connectivity index (χ4n) is 4.17. The van der Waals surface area contributed by atoms with E-state index < -0.39 is 30.2 Å². The predicted molar refractivity (Wildman–Crippen MR) is 151 cm³/mol. The number of fused-ring (bicyclic) bond motifs is 1. The van der Waals surface area contributed by atoms with Gasteiger partial charge < -0.3 is 20.8 Å². The molecular formula is C28H27F6N7O5. The molecule has 18 heteroatoms. The van der Waals surface area contributed by atoms with Crippen LogP contribution in [0.1, 0.15) is 22.3 Å². The molecule has 1 aliphatic rings. The fraction of sp³-hybridized carbons (Fsp3) is 0.286. The van der Waals surface area contributed by atoms with Crippen LogP contribution in [0.2, 0.25) is 0 Å². The van der Waals surface area contributed by atoms with Gasteiger partial charge in [-0.25, -0.2) is 24.2 Å². The van der Waals surface area contributed by atoms with Gasteiger partial charge in [0.1, 0.15) is 5.52 Å². The lowest BCUT2D eigenvalue weighted by Crippen LogP contribution is -2.31. The number of carbonyl (C=O) groups excluding carboxylic acids is 1. The summed E-state index contributed by atoms with van der Waals surface area (Å²) in [7, 11) is 0. The Bertz CT molecular complexity index is 1610. The maximum absolute atomic E-state index is 11.7. The Morgan fingerprint density at radius 3 is 1.93 bits per heavy atom. The van der Waals surface area contributed by atoms with Gasteiger partial charge in [-0.2, -0.15) is 31.4 Å². The summed E-state index contributed by atoms with van der Waals surface area (Å²) in [6.07, 6.45) is -3.57. The lowest BCUT2D eigenvalue weighted by atomic mass is 10.1. The lowest BCUT2D eigenvalue weighted by molar-refractivity contribution is -0.193. The Labute approximate surface area is 256 Å². The third-order valence-corrected chi connectivity index (χ3v) is 6.32. The van der Waals surface area contributed by atoms with Gasteiger partial charge in [-0.05, 0) is 36.2 Å². The van der Waals surface area contributed by atoms with Crippen LogP contribution in [0.5, 0.6) is 0 Å². The first-order valence-corrected chi connectivity index (χ1v) is 13.3. The number of carboxylic acid groups (broad SMARTS) is 2. The second-order valence-electron chi connectivity index (χ2n) is 9.62. The topological polar surface area (TPSA) is 168 Å². The van der Waals surface area contributed by atoms with Gasteiger partial charge in [0.15, 0.2) is 0 Å². The number of primary amides is 1. The van der Waals surface area contributed by atoms with Gasteiger partial charge >= 0.3 is 24.3 Å². The third-order valence-electron chi connectivity index (χ3n) is 6.32. The number of nitrogens with two attached hydrogens (primary N) is 1. The SMILES string of the molecule is NC(=O)c1cccc2cn(-c3ccc(CN4CCCN(c5ncccn5)CC4)cc3)nc12.O=C(O)C(F)(F)F.O=C(O)C(F)(F)F. The van der Waals surface area contributed by atoms with E-state index in [0.29, 0.717) is 11.1 Å². The van der Waals surface area contributed by atoms with E-state index in [-0.39, 0.29) is 0 Å². The normalized spacial score (nSPS) is 13.9. The molecule has 0 radical (unpaired) electrons. The summed E-state index contributed by atoms with van der Waals surface area (Å²) < 4.78 is 65.3. The van der Waals surface area contributed by atoms with Crippen molar-refractivity contribution >= 4 is 34.7 Å². The number of aliphatic carboxylic acids is 2. The van der Waals surface area contributed by atoms with Gasteiger partial charge in [-0.3, -0.25) is 9.69 Å². The molecule has 5 rings (SSSR count). The number of anilines is 1. The molecule has 12 nitrogen and oxygen atoms in total. The molecule has 2 aromatic heterocycles. The van der Waals surface area contributed by atoms with Crippen molar-refractivity contribution < 1.29 is 50.9 Å². The fourth-order valence-corrected chi connectivity index (χ4v) is 4.17. The second kappa shape index (κ2) is 15.2. The number of nitrogens with zero attached hydrogens (tertiary/aromatic N) is 6. The molecule has 0 bridgehead atoms. The molecule has 46 heavy (non-hydrogen) atoms. The lowest BCUT2D eigenvalue weighted by Gasteiger charge is -2.22. The van der Waals surface area contributed by atoms with Crippen molar-refractivity contribution in [1.82, 2.24) is 24.6 Å². The van der Waals surface area contributed by atoms with Gasteiger partial charge in [-0.15, -0.1) is 0 Å². The van der Waals surface area contributed by atoms with Crippen LogP contribution in [0.15, 0.2) is 67.1 Å². The smallest absolute Gasteiger partial charge is 0.475 e. The summed E-state index contributed by atoms with van der Waals surface area (Å²) in [6.45, 7) is 4.81. The van der Waals surface area contributed by atoms with Crippen molar-refractivity contribution in [1.29, 1.82) is 0 Å². The third kappa shape index (κ3) is 10.1. The van der Waals surface area contributed by atoms with E-state index in [1.165, 1.54) is 5.56 Å². The maximum Gasteiger partial charge on any atom is 0.490 e. The number of hydrogen-bond acceptors (Lipinski definition) is 8. The van der Waals surface area contributed by atoms with E-state index in [0.717, 1.165) is 56.2 Å². The second-order valence-corrected chi connectivity index (χ2v) is 9.62. The molecule has 0 spiro atoms. The summed E-state index contributed by atoms with van der Waals surface area (Å²) in [5, 5.41) is 19.7. The predicted octanol–water partition coefficient (Wildman–Crippen LogP) is 3.89. The van der Waals surface area contributed by atoms with E-state index >= 15 is 0 Å². The largest absolute Gasteiger partial charge is 0.490 e. The Hall–Kier alpha value is -5.26. The minimum atomic E-state index is -5.08. The van der Waals surface area contributed by atoms with E-state index in [4.69, 9.17) is 25.5 Å². The van der Waals surface area contributed by atoms with E-state index in [9.17, 15) is 31.1 Å². The van der Waals surface area contributed by atoms with Gasteiger partial charge in [0.05, 0.1) is 11.3 Å². The molecule has 4 aromatic rings. The number of rotatable bonds is 5. The summed E-state index contributed by atoms with van der Waals surface area (Å²) in [6, 6.07) is 15.7. The molecule has 4 N–H and O–H groups in total. The average molecular weight is 656 g/mol. The molecule has 246 valence electrons. The number of benzene rings is 2. The van der Waals surface area contributed by atoms with Crippen LogP contribution in [-0.2, 0) is 16.1 Å². The zero-order valence-electron chi connectivity index (χ0n) is 23.7. The first-order valence-electron chi connectivity index (χ1n) is 13.3. The van der Waals surface area contributed by atoms with Crippen molar-refractivity contribution in [2.24, 2.45) is 5.73 Å². The van der Waals surface area contributed by atoms with Gasteiger partial charge in [0.2, 0.25) is 5.95 Å². The highest BCUT2D eigenvalue weighted by Gasteiger charge is 2.38. The Balaban J connectivity index is 0.000000345. The molecule has 1 amide bonds. The van der Waals surface area contributed by atoms with Crippen molar-refractivity contribution in [3.05, 3.63) is 78.2 Å². The number of aromatic nitrogens is 4. The number of amides is 1. The number of hydrogen-bond donors (Lipinski definition) is 3. The van der Waals surface area contributed by atoms with Crippen LogP contribution in [0, 0.1) is 0 Å². The molecule has 1 aliphatic heterocycles. The van der Waals surface area contributed by atoms with Crippen LogP contribution in [0.3, 0.4) is 0 Å². The van der Waals surface area contributed by atoms with Crippen molar-refractivity contribution in [3.63, 3.8) is 0 Å². The highest BCUT2D eigenvalue weighted by atomic mass is 19.4. The Morgan fingerprint density at radius 2 is 1.39 bits per heavy atom. The number of alkyl halides is 6. The van der Waals surface area contributed by atoms with Crippen LogP contribution in [0.4, 0.5) is 32.3 Å². The van der Waals surface area contributed by atoms with E-state index in [1.807, 2.05) is 24.4 Å². The Morgan fingerprint density at radius 1 is 0.804 bits per heavy atom. The summed E-state index contributed by atoms with van der Waals surface area (Å²) in [4.78, 5) is 43.0. The molecule has 0 atom stereocenters. The quantitative estimate of drug-likeness (QED) is 0.268. The molecule has 1 fully saturated rings. The standard InChI is InChI=1S/C24H25N7O.2C2HF3O2/c25-23(32)21-5-1-4-19-17-31(28-22(19)21)20-8-6-18(7-9-20)16-29-12-3-13-30(15-14-29)24-26-10-2-11-27-24;2*3-2(4,5)1(6)7/h1-2,4-11,17H,3,12-16H2,(H2,25,32);2*(H,6,7). The van der Waals surface area contributed by atoms with Crippen LogP contribution in [-0.4, -0.2) is 91.2 Å². The summed E-state index contributed by atoms with van der Waals surface area (Å²) in [5.41, 5.74) is 8.76. The van der Waals surface area contributed by atoms with Crippen molar-refractivity contribution in [3.8, 4) is 5.69 Å². The summed E-state index contributed by atoms with van der Waals surface area (Å²) in [5.74, 6) is -5.17. The highest BCUT2D eigenvalue weighted by Crippen LogP contribution is 2.20. The molecular weight excluding hydrogens is 628 g/mol. The molecule has 0 aliphatic carbocycles. The summed E-state index contributed by atoms with van der Waals surface area (Å²) >= 11 is 0. The van der Waals surface area contributed by atoms with Crippen LogP contribution >= 0.6 is 0 Å². The highest BCUT2D eigenvalue weighted by molar-refractivity contribution is 6.04. The van der Waals surface area contributed by atoms with Gasteiger partial charge in [0.25, 0.3) is 5.91 Å². The molecule has 3 heterocycles.